The Balaban J connectivity index is 2.94. The van der Waals surface area contributed by atoms with E-state index in [1.807, 2.05) is 6.92 Å². The van der Waals surface area contributed by atoms with Crippen LogP contribution in [0.25, 0.3) is 0 Å². The number of nitrogens with zero attached hydrogens (tertiary/aromatic N) is 1. The third-order valence-electron chi connectivity index (χ3n) is 2.13. The average Bonchev–Trinajstić information content (AvgIpc) is 2.23. The van der Waals surface area contributed by atoms with Gasteiger partial charge in [-0.3, -0.25) is 4.79 Å². The van der Waals surface area contributed by atoms with Crippen molar-refractivity contribution in [1.82, 2.24) is 4.90 Å². The molecule has 0 aliphatic heterocycles. The molecule has 0 aromatic heterocycles. The van der Waals surface area contributed by atoms with E-state index in [0.29, 0.717) is 34.6 Å². The molecule has 0 heterocycles. The van der Waals surface area contributed by atoms with E-state index in [-0.39, 0.29) is 5.91 Å². The molecule has 0 saturated carbocycles. The van der Waals surface area contributed by atoms with Crippen LogP contribution in [0.5, 0.6) is 0 Å². The average molecular weight is 281 g/mol. The largest absolute Gasteiger partial charge is 0.338 e. The summed E-state index contributed by atoms with van der Waals surface area (Å²) in [7, 11) is 0. The molecule has 2 nitrogen and oxygen atoms in total. The number of alkyl halides is 1. The lowest BCUT2D eigenvalue weighted by Crippen LogP contribution is -2.32. The Hall–Kier alpha value is -0.440. The fourth-order valence-corrected chi connectivity index (χ4v) is 2.10. The first kappa shape index (κ1) is 13.6. The summed E-state index contributed by atoms with van der Waals surface area (Å²) in [5.74, 6) is 0.306. The van der Waals surface area contributed by atoms with Gasteiger partial charge in [0, 0.05) is 34.6 Å². The predicted molar refractivity (Wildman–Crippen MR) is 68.8 cm³/mol. The Bertz CT molecular complexity index is 361. The summed E-state index contributed by atoms with van der Waals surface area (Å²) in [6.45, 7) is 3.02. The van der Waals surface area contributed by atoms with Crippen LogP contribution in [0.3, 0.4) is 0 Å². The van der Waals surface area contributed by atoms with Crippen molar-refractivity contribution in [2.24, 2.45) is 0 Å². The van der Waals surface area contributed by atoms with Crippen molar-refractivity contribution in [3.05, 3.63) is 33.8 Å². The summed E-state index contributed by atoms with van der Waals surface area (Å²) in [6.07, 6.45) is 0. The normalized spacial score (nSPS) is 10.2. The Morgan fingerprint density at radius 1 is 1.25 bits per heavy atom. The van der Waals surface area contributed by atoms with Crippen LogP contribution < -0.4 is 0 Å². The van der Waals surface area contributed by atoms with Crippen LogP contribution in [0.2, 0.25) is 10.0 Å². The summed E-state index contributed by atoms with van der Waals surface area (Å²) < 4.78 is 0. The number of rotatable bonds is 4. The Morgan fingerprint density at radius 3 is 2.25 bits per heavy atom. The molecule has 1 aromatic carbocycles. The van der Waals surface area contributed by atoms with Crippen molar-refractivity contribution in [2.45, 2.75) is 6.92 Å². The quantitative estimate of drug-likeness (QED) is 0.770. The first-order valence-corrected chi connectivity index (χ1v) is 6.19. The van der Waals surface area contributed by atoms with Crippen molar-refractivity contribution >= 4 is 40.7 Å². The van der Waals surface area contributed by atoms with Crippen LogP contribution in [0.4, 0.5) is 0 Å². The Kier molecular flexibility index (Phi) is 5.39. The molecule has 0 bridgehead atoms. The minimum absolute atomic E-state index is 0.104. The molecule has 88 valence electrons. The minimum atomic E-state index is -0.104. The van der Waals surface area contributed by atoms with Gasteiger partial charge in [-0.25, -0.2) is 0 Å². The molecule has 16 heavy (non-hydrogen) atoms. The molecule has 0 N–H and O–H groups in total. The molecule has 5 heteroatoms. The zero-order valence-electron chi connectivity index (χ0n) is 8.84. The maximum Gasteiger partial charge on any atom is 0.253 e. The predicted octanol–water partition coefficient (Wildman–Crippen LogP) is 3.69. The zero-order chi connectivity index (χ0) is 12.1. The lowest BCUT2D eigenvalue weighted by Gasteiger charge is -2.19. The highest BCUT2D eigenvalue weighted by atomic mass is 35.5. The van der Waals surface area contributed by atoms with Gasteiger partial charge in [0.1, 0.15) is 0 Å². The zero-order valence-corrected chi connectivity index (χ0v) is 11.1. The second-order valence-electron chi connectivity index (χ2n) is 3.23. The van der Waals surface area contributed by atoms with Gasteiger partial charge < -0.3 is 4.90 Å². The second-order valence-corrected chi connectivity index (χ2v) is 4.48. The molecular formula is C11H12Cl3NO. The van der Waals surface area contributed by atoms with Crippen molar-refractivity contribution in [3.63, 3.8) is 0 Å². The molecule has 0 spiro atoms. The maximum absolute atomic E-state index is 12.0. The van der Waals surface area contributed by atoms with E-state index in [1.54, 1.807) is 23.1 Å². The van der Waals surface area contributed by atoms with Crippen molar-refractivity contribution in [3.8, 4) is 0 Å². The SMILES string of the molecule is CCN(CCCl)C(=O)c1cc(Cl)cc(Cl)c1. The van der Waals surface area contributed by atoms with E-state index in [4.69, 9.17) is 34.8 Å². The van der Waals surface area contributed by atoms with Gasteiger partial charge in [0.2, 0.25) is 0 Å². The van der Waals surface area contributed by atoms with Crippen molar-refractivity contribution < 1.29 is 4.79 Å². The molecule has 0 aliphatic rings. The molecule has 1 aromatic rings. The first-order valence-electron chi connectivity index (χ1n) is 4.89. The second kappa shape index (κ2) is 6.33. The highest BCUT2D eigenvalue weighted by Crippen LogP contribution is 2.20. The number of halogens is 3. The van der Waals surface area contributed by atoms with E-state index in [1.165, 1.54) is 0 Å². The van der Waals surface area contributed by atoms with E-state index in [0.717, 1.165) is 0 Å². The number of carbonyl (C=O) groups is 1. The van der Waals surface area contributed by atoms with Gasteiger partial charge in [-0.1, -0.05) is 23.2 Å². The molecule has 0 unspecified atom stereocenters. The number of carbonyl (C=O) groups excluding carboxylic acids is 1. The highest BCUT2D eigenvalue weighted by Gasteiger charge is 2.14. The fourth-order valence-electron chi connectivity index (χ4n) is 1.37. The fraction of sp³-hybridized carbons (Fsp3) is 0.364. The van der Waals surface area contributed by atoms with Gasteiger partial charge in [-0.15, -0.1) is 11.6 Å². The number of hydrogen-bond donors (Lipinski definition) is 0. The van der Waals surface area contributed by atoms with Gasteiger partial charge in [0.25, 0.3) is 5.91 Å². The maximum atomic E-state index is 12.0. The van der Waals surface area contributed by atoms with E-state index in [9.17, 15) is 4.79 Å². The molecule has 1 rings (SSSR count). The summed E-state index contributed by atoms with van der Waals surface area (Å²) in [5.41, 5.74) is 0.490. The Morgan fingerprint density at radius 2 is 1.81 bits per heavy atom. The third-order valence-corrected chi connectivity index (χ3v) is 2.74. The lowest BCUT2D eigenvalue weighted by atomic mass is 10.2. The molecule has 0 radical (unpaired) electrons. The number of amides is 1. The minimum Gasteiger partial charge on any atom is -0.338 e. The van der Waals surface area contributed by atoms with Crippen molar-refractivity contribution in [2.75, 3.05) is 19.0 Å². The summed E-state index contributed by atoms with van der Waals surface area (Å²) in [6, 6.07) is 4.80. The lowest BCUT2D eigenvalue weighted by molar-refractivity contribution is 0.0774. The van der Waals surface area contributed by atoms with Gasteiger partial charge >= 0.3 is 0 Å². The number of benzene rings is 1. The first-order chi connectivity index (χ1) is 7.58. The summed E-state index contributed by atoms with van der Waals surface area (Å²) in [4.78, 5) is 13.7. The molecule has 0 fully saturated rings. The van der Waals surface area contributed by atoms with Crippen LogP contribution >= 0.6 is 34.8 Å². The molecule has 1 amide bonds. The summed E-state index contributed by atoms with van der Waals surface area (Å²) in [5, 5.41) is 0.913. The number of hydrogen-bond acceptors (Lipinski definition) is 1. The van der Waals surface area contributed by atoms with Gasteiger partial charge in [0.15, 0.2) is 0 Å². The topological polar surface area (TPSA) is 20.3 Å². The van der Waals surface area contributed by atoms with Crippen LogP contribution in [0, 0.1) is 0 Å². The van der Waals surface area contributed by atoms with E-state index < -0.39 is 0 Å². The molecule has 0 aliphatic carbocycles. The van der Waals surface area contributed by atoms with Crippen LogP contribution in [-0.2, 0) is 0 Å². The monoisotopic (exact) mass is 279 g/mol. The highest BCUT2D eigenvalue weighted by molar-refractivity contribution is 6.35. The molecular weight excluding hydrogens is 268 g/mol. The molecule has 0 saturated heterocycles. The van der Waals surface area contributed by atoms with Gasteiger partial charge in [-0.05, 0) is 25.1 Å². The summed E-state index contributed by atoms with van der Waals surface area (Å²) >= 11 is 17.3. The van der Waals surface area contributed by atoms with Crippen LogP contribution in [0.15, 0.2) is 18.2 Å². The third kappa shape index (κ3) is 3.55. The molecule has 0 atom stereocenters. The van der Waals surface area contributed by atoms with E-state index in [2.05, 4.69) is 0 Å². The van der Waals surface area contributed by atoms with Gasteiger partial charge in [0.05, 0.1) is 0 Å². The van der Waals surface area contributed by atoms with Crippen LogP contribution in [0.1, 0.15) is 17.3 Å². The smallest absolute Gasteiger partial charge is 0.253 e. The van der Waals surface area contributed by atoms with Gasteiger partial charge in [-0.2, -0.15) is 0 Å². The van der Waals surface area contributed by atoms with Crippen molar-refractivity contribution in [1.29, 1.82) is 0 Å². The Labute approximate surface area is 110 Å². The van der Waals surface area contributed by atoms with Crippen LogP contribution in [-0.4, -0.2) is 29.8 Å². The van der Waals surface area contributed by atoms with E-state index >= 15 is 0 Å². The standard InChI is InChI=1S/C11H12Cl3NO/c1-2-15(4-3-12)11(16)8-5-9(13)7-10(14)6-8/h5-7H,2-4H2,1H3.